The van der Waals surface area contributed by atoms with Crippen LogP contribution in [0.25, 0.3) is 0 Å². The van der Waals surface area contributed by atoms with Gasteiger partial charge in [0, 0.05) is 25.3 Å². The van der Waals surface area contributed by atoms with Crippen LogP contribution in [0.2, 0.25) is 0 Å². The maximum absolute atomic E-state index is 11.6. The van der Waals surface area contributed by atoms with Gasteiger partial charge in [-0.3, -0.25) is 4.79 Å². The molecule has 2 rings (SSSR count). The Balaban J connectivity index is 1.88. The number of carbonyl (C=O) groups excluding carboxylic acids is 2. The Kier molecular flexibility index (Phi) is 4.27. The molecule has 0 saturated heterocycles. The summed E-state index contributed by atoms with van der Waals surface area (Å²) >= 11 is 0. The lowest BCUT2D eigenvalue weighted by molar-refractivity contribution is -0.117. The maximum atomic E-state index is 11.6. The third kappa shape index (κ3) is 3.29. The number of hydrogen-bond donors (Lipinski definition) is 2. The van der Waals surface area contributed by atoms with Crippen LogP contribution in [0.5, 0.6) is 0 Å². The number of likely N-dealkylation sites (N-methyl/N-ethyl adjacent to an activating group) is 1. The average molecular weight is 275 g/mol. The topological polar surface area (TPSA) is 61.4 Å². The Morgan fingerprint density at radius 2 is 2.15 bits per heavy atom. The molecule has 1 aliphatic rings. The average Bonchev–Trinajstić information content (AvgIpc) is 2.64. The smallest absolute Gasteiger partial charge is 0.314 e. The predicted octanol–water partition coefficient (Wildman–Crippen LogP) is 1.46. The van der Waals surface area contributed by atoms with E-state index < -0.39 is 0 Å². The fraction of sp³-hybridized carbons (Fsp3) is 0.467. The first-order valence-corrected chi connectivity index (χ1v) is 6.90. The van der Waals surface area contributed by atoms with Crippen LogP contribution in [0.1, 0.15) is 25.0 Å². The number of rotatable bonds is 4. The molecule has 2 N–H and O–H groups in total. The van der Waals surface area contributed by atoms with E-state index in [0.29, 0.717) is 13.0 Å². The van der Waals surface area contributed by atoms with E-state index in [1.807, 2.05) is 26.0 Å². The highest BCUT2D eigenvalue weighted by Gasteiger charge is 2.23. The van der Waals surface area contributed by atoms with Crippen molar-refractivity contribution in [1.29, 1.82) is 0 Å². The number of anilines is 1. The van der Waals surface area contributed by atoms with E-state index in [1.54, 1.807) is 11.9 Å². The van der Waals surface area contributed by atoms with Gasteiger partial charge in [0.1, 0.15) is 0 Å². The molecular formula is C15H21N3O2. The molecule has 0 bridgehead atoms. The van der Waals surface area contributed by atoms with E-state index in [4.69, 9.17) is 0 Å². The van der Waals surface area contributed by atoms with Crippen LogP contribution in [0.15, 0.2) is 18.2 Å². The summed E-state index contributed by atoms with van der Waals surface area (Å²) in [7, 11) is 1.80. The van der Waals surface area contributed by atoms with Crippen molar-refractivity contribution >= 4 is 17.6 Å². The number of nitrogens with zero attached hydrogens (tertiary/aromatic N) is 1. The summed E-state index contributed by atoms with van der Waals surface area (Å²) in [6, 6.07) is 6.03. The van der Waals surface area contributed by atoms with Crippen molar-refractivity contribution in [1.82, 2.24) is 10.6 Å². The van der Waals surface area contributed by atoms with Crippen molar-refractivity contribution in [3.63, 3.8) is 0 Å². The van der Waals surface area contributed by atoms with E-state index in [-0.39, 0.29) is 18.0 Å². The molecule has 0 fully saturated rings. The van der Waals surface area contributed by atoms with Crippen molar-refractivity contribution in [3.8, 4) is 0 Å². The molecule has 1 aliphatic heterocycles. The standard InChI is InChI=1S/C15H21N3O2/c1-10(2)17-15(20)16-7-6-11-4-5-13-12(8-11)9-14(19)18(13)3/h4-5,8,10H,6-7,9H2,1-3H3,(H2,16,17,20). The van der Waals surface area contributed by atoms with Crippen LogP contribution in [-0.2, 0) is 17.6 Å². The van der Waals surface area contributed by atoms with E-state index in [1.165, 1.54) is 0 Å². The van der Waals surface area contributed by atoms with Crippen LogP contribution in [0.3, 0.4) is 0 Å². The van der Waals surface area contributed by atoms with Crippen LogP contribution in [0, 0.1) is 0 Å². The quantitative estimate of drug-likeness (QED) is 0.874. The zero-order valence-corrected chi connectivity index (χ0v) is 12.2. The summed E-state index contributed by atoms with van der Waals surface area (Å²) in [5.74, 6) is 0.131. The second-order valence-corrected chi connectivity index (χ2v) is 5.40. The normalized spacial score (nSPS) is 13.6. The van der Waals surface area contributed by atoms with Crippen molar-refractivity contribution in [3.05, 3.63) is 29.3 Å². The Morgan fingerprint density at radius 3 is 2.85 bits per heavy atom. The lowest BCUT2D eigenvalue weighted by Gasteiger charge is -2.12. The lowest BCUT2D eigenvalue weighted by atomic mass is 10.1. The largest absolute Gasteiger partial charge is 0.338 e. The summed E-state index contributed by atoms with van der Waals surface area (Å²) in [5, 5.41) is 5.60. The minimum absolute atomic E-state index is 0.131. The van der Waals surface area contributed by atoms with E-state index in [2.05, 4.69) is 16.7 Å². The van der Waals surface area contributed by atoms with Crippen LogP contribution < -0.4 is 15.5 Å². The van der Waals surface area contributed by atoms with Gasteiger partial charge in [-0.05, 0) is 37.5 Å². The highest BCUT2D eigenvalue weighted by Crippen LogP contribution is 2.28. The van der Waals surface area contributed by atoms with Gasteiger partial charge in [-0.25, -0.2) is 4.79 Å². The summed E-state index contributed by atoms with van der Waals surface area (Å²) in [6.45, 7) is 4.43. The monoisotopic (exact) mass is 275 g/mol. The van der Waals surface area contributed by atoms with E-state index >= 15 is 0 Å². The van der Waals surface area contributed by atoms with Gasteiger partial charge < -0.3 is 15.5 Å². The molecule has 0 aromatic heterocycles. The molecule has 0 atom stereocenters. The second kappa shape index (κ2) is 5.94. The van der Waals surface area contributed by atoms with Gasteiger partial charge in [0.2, 0.25) is 5.91 Å². The number of nitrogens with one attached hydrogen (secondary N) is 2. The fourth-order valence-electron chi connectivity index (χ4n) is 2.31. The Morgan fingerprint density at radius 1 is 1.40 bits per heavy atom. The number of hydrogen-bond acceptors (Lipinski definition) is 2. The lowest BCUT2D eigenvalue weighted by Crippen LogP contribution is -2.40. The summed E-state index contributed by atoms with van der Waals surface area (Å²) in [4.78, 5) is 24.7. The molecule has 20 heavy (non-hydrogen) atoms. The van der Waals surface area contributed by atoms with Crippen LogP contribution >= 0.6 is 0 Å². The summed E-state index contributed by atoms with van der Waals surface area (Å²) in [5.41, 5.74) is 3.20. The molecule has 1 aromatic rings. The Hall–Kier alpha value is -2.04. The predicted molar refractivity (Wildman–Crippen MR) is 78.9 cm³/mol. The first-order valence-electron chi connectivity index (χ1n) is 6.90. The maximum Gasteiger partial charge on any atom is 0.314 e. The molecule has 0 spiro atoms. The number of urea groups is 1. The Bertz CT molecular complexity index is 526. The van der Waals surface area contributed by atoms with Gasteiger partial charge in [0.25, 0.3) is 0 Å². The fourth-order valence-corrected chi connectivity index (χ4v) is 2.31. The highest BCUT2D eigenvalue weighted by atomic mass is 16.2. The van der Waals surface area contributed by atoms with Gasteiger partial charge in [0.15, 0.2) is 0 Å². The first-order chi connectivity index (χ1) is 9.47. The number of carbonyl (C=O) groups is 2. The first kappa shape index (κ1) is 14.4. The van der Waals surface area contributed by atoms with Crippen molar-refractivity contribution < 1.29 is 9.59 Å². The molecule has 0 saturated carbocycles. The Labute approximate surface area is 119 Å². The number of benzene rings is 1. The van der Waals surface area contributed by atoms with Gasteiger partial charge >= 0.3 is 6.03 Å². The van der Waals surface area contributed by atoms with Crippen molar-refractivity contribution in [2.24, 2.45) is 0 Å². The van der Waals surface area contributed by atoms with E-state index in [9.17, 15) is 9.59 Å². The van der Waals surface area contributed by atoms with Gasteiger partial charge in [0.05, 0.1) is 6.42 Å². The van der Waals surface area contributed by atoms with E-state index in [0.717, 1.165) is 23.2 Å². The highest BCUT2D eigenvalue weighted by molar-refractivity contribution is 6.00. The summed E-state index contributed by atoms with van der Waals surface area (Å²) in [6.07, 6.45) is 1.23. The molecule has 0 aliphatic carbocycles. The third-order valence-electron chi connectivity index (χ3n) is 3.34. The van der Waals surface area contributed by atoms with Gasteiger partial charge in [-0.2, -0.15) is 0 Å². The van der Waals surface area contributed by atoms with Crippen LogP contribution in [0.4, 0.5) is 10.5 Å². The zero-order chi connectivity index (χ0) is 14.7. The number of fused-ring (bicyclic) bond motifs is 1. The molecule has 0 unspecified atom stereocenters. The SMILES string of the molecule is CC(C)NC(=O)NCCc1ccc2c(c1)CC(=O)N2C. The molecule has 5 heteroatoms. The minimum Gasteiger partial charge on any atom is -0.338 e. The second-order valence-electron chi connectivity index (χ2n) is 5.40. The zero-order valence-electron chi connectivity index (χ0n) is 12.2. The molecule has 3 amide bonds. The van der Waals surface area contributed by atoms with Gasteiger partial charge in [-0.15, -0.1) is 0 Å². The van der Waals surface area contributed by atoms with Gasteiger partial charge in [-0.1, -0.05) is 12.1 Å². The number of amides is 3. The molecule has 108 valence electrons. The summed E-state index contributed by atoms with van der Waals surface area (Å²) < 4.78 is 0. The minimum atomic E-state index is -0.143. The van der Waals surface area contributed by atoms with Crippen LogP contribution in [-0.4, -0.2) is 31.6 Å². The molecular weight excluding hydrogens is 254 g/mol. The third-order valence-corrected chi connectivity index (χ3v) is 3.34. The van der Waals surface area contributed by atoms with Crippen molar-refractivity contribution in [2.75, 3.05) is 18.5 Å². The van der Waals surface area contributed by atoms with Crippen molar-refractivity contribution in [2.45, 2.75) is 32.7 Å². The molecule has 0 radical (unpaired) electrons. The molecule has 5 nitrogen and oxygen atoms in total. The molecule has 1 heterocycles. The molecule has 1 aromatic carbocycles.